The van der Waals surface area contributed by atoms with Crippen molar-refractivity contribution in [3.63, 3.8) is 0 Å². The van der Waals surface area contributed by atoms with Crippen molar-refractivity contribution < 1.29 is 23.0 Å². The fraction of sp³-hybridized carbons (Fsp3) is 1.00. The van der Waals surface area contributed by atoms with E-state index in [1.807, 2.05) is 0 Å². The van der Waals surface area contributed by atoms with Gasteiger partial charge in [-0.15, -0.1) is 0 Å². The molecule has 1 aliphatic carbocycles. The van der Waals surface area contributed by atoms with Crippen LogP contribution in [0.15, 0.2) is 0 Å². The first kappa shape index (κ1) is 13.1. The fourth-order valence-electron chi connectivity index (χ4n) is 2.53. The van der Waals surface area contributed by atoms with Crippen LogP contribution in [0.5, 0.6) is 0 Å². The van der Waals surface area contributed by atoms with Gasteiger partial charge in [0.1, 0.15) is 6.04 Å². The average molecular weight is 253 g/mol. The van der Waals surface area contributed by atoms with Crippen LogP contribution in [-0.4, -0.2) is 54.1 Å². The fourth-order valence-corrected chi connectivity index (χ4v) is 2.53. The van der Waals surface area contributed by atoms with E-state index in [0.717, 1.165) is 12.8 Å². The third-order valence-electron chi connectivity index (χ3n) is 3.38. The van der Waals surface area contributed by atoms with Crippen LogP contribution in [0.1, 0.15) is 25.7 Å². The zero-order valence-corrected chi connectivity index (χ0v) is 9.62. The summed E-state index contributed by atoms with van der Waals surface area (Å²) >= 11 is 0. The van der Waals surface area contributed by atoms with E-state index in [0.29, 0.717) is 19.4 Å². The van der Waals surface area contributed by atoms with E-state index in [-0.39, 0.29) is 19.2 Å². The molecule has 3 nitrogen and oxygen atoms in total. The Hall–Kier alpha value is -0.330. The van der Waals surface area contributed by atoms with Gasteiger partial charge in [0.25, 0.3) is 0 Å². The van der Waals surface area contributed by atoms with Crippen molar-refractivity contribution in [3.05, 3.63) is 0 Å². The van der Waals surface area contributed by atoms with E-state index in [4.69, 9.17) is 9.84 Å². The van der Waals surface area contributed by atoms with Gasteiger partial charge in [0, 0.05) is 19.2 Å². The molecule has 2 aliphatic rings. The molecule has 100 valence electrons. The van der Waals surface area contributed by atoms with Crippen LogP contribution in [0, 0.1) is 0 Å². The Labute approximate surface area is 98.5 Å². The van der Waals surface area contributed by atoms with Gasteiger partial charge in [-0.25, -0.2) is 0 Å². The van der Waals surface area contributed by atoms with E-state index in [1.54, 1.807) is 0 Å². The Morgan fingerprint density at radius 2 is 2.00 bits per heavy atom. The summed E-state index contributed by atoms with van der Waals surface area (Å²) in [5.41, 5.74) is 0. The third-order valence-corrected chi connectivity index (χ3v) is 3.38. The lowest BCUT2D eigenvalue weighted by molar-refractivity contribution is -0.212. The van der Waals surface area contributed by atoms with Gasteiger partial charge in [0.2, 0.25) is 0 Å². The first-order valence-electron chi connectivity index (χ1n) is 6.09. The molecule has 2 fully saturated rings. The highest BCUT2D eigenvalue weighted by Gasteiger charge is 2.52. The molecule has 0 aromatic heterocycles. The molecule has 0 amide bonds. The van der Waals surface area contributed by atoms with Crippen molar-refractivity contribution in [1.82, 2.24) is 4.90 Å². The van der Waals surface area contributed by atoms with Crippen LogP contribution in [0.4, 0.5) is 13.2 Å². The lowest BCUT2D eigenvalue weighted by Gasteiger charge is -2.36. The van der Waals surface area contributed by atoms with Gasteiger partial charge >= 0.3 is 6.18 Å². The van der Waals surface area contributed by atoms with Crippen LogP contribution in [0.3, 0.4) is 0 Å². The maximum absolute atomic E-state index is 13.1. The van der Waals surface area contributed by atoms with Crippen molar-refractivity contribution in [1.29, 1.82) is 0 Å². The van der Waals surface area contributed by atoms with Gasteiger partial charge in [-0.3, -0.25) is 4.90 Å². The highest BCUT2D eigenvalue weighted by Crippen LogP contribution is 2.38. The van der Waals surface area contributed by atoms with Crippen molar-refractivity contribution in [2.45, 2.75) is 50.0 Å². The molecular weight excluding hydrogens is 235 g/mol. The average Bonchev–Trinajstić information content (AvgIpc) is 2.94. The van der Waals surface area contributed by atoms with Crippen LogP contribution < -0.4 is 0 Å². The standard InChI is InChI=1S/C11H18F3NO2/c12-11(13,14)10(9-2-1-7-17-9)15(5-6-16)8-3-4-8/h8-10,16H,1-7H2. The highest BCUT2D eigenvalue weighted by molar-refractivity contribution is 4.96. The summed E-state index contributed by atoms with van der Waals surface area (Å²) in [5, 5.41) is 8.92. The van der Waals surface area contributed by atoms with Gasteiger partial charge in [0.15, 0.2) is 0 Å². The summed E-state index contributed by atoms with van der Waals surface area (Å²) in [6.45, 7) is 0.249. The molecule has 2 atom stereocenters. The molecule has 1 saturated heterocycles. The minimum Gasteiger partial charge on any atom is -0.395 e. The molecular formula is C11H18F3NO2. The van der Waals surface area contributed by atoms with Gasteiger partial charge in [0.05, 0.1) is 12.7 Å². The molecule has 1 aliphatic heterocycles. The zero-order valence-electron chi connectivity index (χ0n) is 9.62. The summed E-state index contributed by atoms with van der Waals surface area (Å²) in [4.78, 5) is 1.38. The van der Waals surface area contributed by atoms with Gasteiger partial charge in [-0.2, -0.15) is 13.2 Å². The number of aliphatic hydroxyl groups excluding tert-OH is 1. The van der Waals surface area contributed by atoms with E-state index >= 15 is 0 Å². The molecule has 0 spiro atoms. The summed E-state index contributed by atoms with van der Waals surface area (Å²) in [6.07, 6.45) is -2.32. The SMILES string of the molecule is OCCN(C1CC1)C(C1CCCO1)C(F)(F)F. The van der Waals surface area contributed by atoms with Crippen LogP contribution in [0.2, 0.25) is 0 Å². The van der Waals surface area contributed by atoms with Crippen molar-refractivity contribution >= 4 is 0 Å². The minimum absolute atomic E-state index is 0.0297. The molecule has 1 N–H and O–H groups in total. The van der Waals surface area contributed by atoms with Crippen molar-refractivity contribution in [3.8, 4) is 0 Å². The molecule has 1 heterocycles. The van der Waals surface area contributed by atoms with Crippen molar-refractivity contribution in [2.24, 2.45) is 0 Å². The van der Waals surface area contributed by atoms with E-state index in [9.17, 15) is 13.2 Å². The second-order valence-electron chi connectivity index (χ2n) is 4.73. The second-order valence-corrected chi connectivity index (χ2v) is 4.73. The molecule has 2 unspecified atom stereocenters. The van der Waals surface area contributed by atoms with Crippen molar-refractivity contribution in [2.75, 3.05) is 19.8 Å². The lowest BCUT2D eigenvalue weighted by Crippen LogP contribution is -2.54. The monoisotopic (exact) mass is 253 g/mol. The smallest absolute Gasteiger partial charge is 0.395 e. The topological polar surface area (TPSA) is 32.7 Å². The summed E-state index contributed by atoms with van der Waals surface area (Å²) in [7, 11) is 0. The minimum atomic E-state index is -4.28. The Kier molecular flexibility index (Phi) is 3.95. The number of alkyl halides is 3. The maximum atomic E-state index is 13.1. The van der Waals surface area contributed by atoms with Gasteiger partial charge in [-0.1, -0.05) is 0 Å². The van der Waals surface area contributed by atoms with Crippen LogP contribution >= 0.6 is 0 Å². The number of halogens is 3. The molecule has 0 aromatic carbocycles. The van der Waals surface area contributed by atoms with E-state index in [2.05, 4.69) is 0 Å². The Morgan fingerprint density at radius 1 is 1.29 bits per heavy atom. The Balaban J connectivity index is 2.11. The lowest BCUT2D eigenvalue weighted by atomic mass is 10.1. The van der Waals surface area contributed by atoms with E-state index in [1.165, 1.54) is 4.90 Å². The van der Waals surface area contributed by atoms with Gasteiger partial charge in [-0.05, 0) is 25.7 Å². The summed E-state index contributed by atoms with van der Waals surface area (Å²) in [6, 6.07) is -1.58. The molecule has 1 saturated carbocycles. The Bertz CT molecular complexity index is 250. The summed E-state index contributed by atoms with van der Waals surface area (Å²) in [5.74, 6) is 0. The second kappa shape index (κ2) is 5.12. The number of hydrogen-bond acceptors (Lipinski definition) is 3. The molecule has 0 aromatic rings. The number of hydrogen-bond donors (Lipinski definition) is 1. The molecule has 6 heteroatoms. The molecule has 0 radical (unpaired) electrons. The number of nitrogens with zero attached hydrogens (tertiary/aromatic N) is 1. The highest BCUT2D eigenvalue weighted by atomic mass is 19.4. The largest absolute Gasteiger partial charge is 0.406 e. The first-order valence-corrected chi connectivity index (χ1v) is 6.09. The van der Waals surface area contributed by atoms with Gasteiger partial charge < -0.3 is 9.84 Å². The third kappa shape index (κ3) is 3.11. The zero-order chi connectivity index (χ0) is 12.5. The van der Waals surface area contributed by atoms with Crippen LogP contribution in [-0.2, 0) is 4.74 Å². The molecule has 17 heavy (non-hydrogen) atoms. The normalized spacial score (nSPS) is 27.7. The van der Waals surface area contributed by atoms with Crippen LogP contribution in [0.25, 0.3) is 0 Å². The number of rotatable bonds is 5. The predicted molar refractivity (Wildman–Crippen MR) is 55.6 cm³/mol. The predicted octanol–water partition coefficient (Wildman–Crippen LogP) is 1.55. The maximum Gasteiger partial charge on any atom is 0.406 e. The van der Waals surface area contributed by atoms with E-state index < -0.39 is 18.3 Å². The Morgan fingerprint density at radius 3 is 2.41 bits per heavy atom. The molecule has 0 bridgehead atoms. The molecule has 2 rings (SSSR count). The number of ether oxygens (including phenoxy) is 1. The first-order chi connectivity index (χ1) is 8.04. The summed E-state index contributed by atoms with van der Waals surface area (Å²) < 4.78 is 44.6. The number of aliphatic hydroxyl groups is 1. The quantitative estimate of drug-likeness (QED) is 0.807.